The summed E-state index contributed by atoms with van der Waals surface area (Å²) in [6.45, 7) is 0. The van der Waals surface area contributed by atoms with E-state index in [1.54, 1.807) is 0 Å². The predicted molar refractivity (Wildman–Crippen MR) is 41.5 cm³/mol. The molecule has 0 fully saturated rings. The second-order valence-corrected chi connectivity index (χ2v) is 2.63. The molecular formula is C6H3BrF2LiO. The molecule has 55 valence electrons. The fraction of sp³-hybridized carbons (Fsp3) is 0. The van der Waals surface area contributed by atoms with Gasteiger partial charge in [0, 0.05) is 23.3 Å². The molecule has 1 N–H and O–H groups in total. The summed E-state index contributed by atoms with van der Waals surface area (Å²) in [6, 6.07) is 1.97. The Morgan fingerprint density at radius 1 is 1.18 bits per heavy atom. The summed E-state index contributed by atoms with van der Waals surface area (Å²) in [4.78, 5) is 0. The van der Waals surface area contributed by atoms with Crippen molar-refractivity contribution in [2.45, 2.75) is 0 Å². The minimum atomic E-state index is -0.966. The molecule has 0 amide bonds. The van der Waals surface area contributed by atoms with Crippen LogP contribution in [0.1, 0.15) is 0 Å². The maximum atomic E-state index is 12.3. The monoisotopic (exact) mass is 215 g/mol. The Kier molecular flexibility index (Phi) is 4.09. The topological polar surface area (TPSA) is 20.2 Å². The summed E-state index contributed by atoms with van der Waals surface area (Å²) in [5, 5.41) is 8.56. The zero-order valence-electron chi connectivity index (χ0n) is 5.74. The first kappa shape index (κ1) is 11.0. The summed E-state index contributed by atoms with van der Waals surface area (Å²) >= 11 is 2.86. The molecule has 5 heteroatoms. The van der Waals surface area contributed by atoms with E-state index in [1.807, 2.05) is 0 Å². The van der Waals surface area contributed by atoms with E-state index in [2.05, 4.69) is 15.9 Å². The van der Waals surface area contributed by atoms with Crippen LogP contribution in [-0.4, -0.2) is 24.0 Å². The quantitative estimate of drug-likeness (QED) is 0.658. The number of aromatic hydroxyl groups is 1. The molecule has 1 aromatic carbocycles. The van der Waals surface area contributed by atoms with Crippen LogP contribution >= 0.6 is 15.9 Å². The number of benzene rings is 1. The van der Waals surface area contributed by atoms with Crippen molar-refractivity contribution in [2.75, 3.05) is 0 Å². The van der Waals surface area contributed by atoms with Crippen LogP contribution in [0.15, 0.2) is 16.6 Å². The fourth-order valence-electron chi connectivity index (χ4n) is 0.535. The third-order valence-electron chi connectivity index (χ3n) is 0.982. The SMILES string of the molecule is Oc1c(F)cc(Br)cc1F.[Li]. The smallest absolute Gasteiger partial charge is 0.187 e. The molecule has 0 atom stereocenters. The zero-order valence-corrected chi connectivity index (χ0v) is 7.32. The van der Waals surface area contributed by atoms with E-state index in [-0.39, 0.29) is 23.3 Å². The van der Waals surface area contributed by atoms with Crippen LogP contribution in [0, 0.1) is 11.6 Å². The van der Waals surface area contributed by atoms with Gasteiger partial charge in [0.2, 0.25) is 0 Å². The first-order valence-electron chi connectivity index (χ1n) is 2.45. The minimum absolute atomic E-state index is 0. The molecule has 0 aliphatic rings. The molecule has 0 aliphatic heterocycles. The summed E-state index contributed by atoms with van der Waals surface area (Å²) in [5.41, 5.74) is 0. The van der Waals surface area contributed by atoms with Gasteiger partial charge in [0.25, 0.3) is 0 Å². The molecule has 1 rings (SSSR count). The largest absolute Gasteiger partial charge is 0.503 e. The van der Waals surface area contributed by atoms with E-state index in [1.165, 1.54) is 0 Å². The number of halogens is 3. The Hall–Kier alpha value is -0.0426. The predicted octanol–water partition coefficient (Wildman–Crippen LogP) is 2.05. The third-order valence-corrected chi connectivity index (χ3v) is 1.44. The summed E-state index contributed by atoms with van der Waals surface area (Å²) in [6.07, 6.45) is 0. The van der Waals surface area contributed by atoms with Crippen LogP contribution in [0.3, 0.4) is 0 Å². The molecule has 0 bridgehead atoms. The zero-order chi connectivity index (χ0) is 7.72. The molecule has 1 nitrogen and oxygen atoms in total. The van der Waals surface area contributed by atoms with Gasteiger partial charge < -0.3 is 5.11 Å². The van der Waals surface area contributed by atoms with E-state index in [0.29, 0.717) is 0 Å². The van der Waals surface area contributed by atoms with Gasteiger partial charge in [-0.05, 0) is 12.1 Å². The van der Waals surface area contributed by atoms with Crippen molar-refractivity contribution in [1.82, 2.24) is 0 Å². The van der Waals surface area contributed by atoms with Gasteiger partial charge in [-0.3, -0.25) is 0 Å². The van der Waals surface area contributed by atoms with Crippen molar-refractivity contribution in [1.29, 1.82) is 0 Å². The molecule has 0 spiro atoms. The van der Waals surface area contributed by atoms with Crippen molar-refractivity contribution in [3.8, 4) is 5.75 Å². The second kappa shape index (κ2) is 4.10. The molecule has 11 heavy (non-hydrogen) atoms. The van der Waals surface area contributed by atoms with Crippen LogP contribution in [0.4, 0.5) is 8.78 Å². The summed E-state index contributed by atoms with van der Waals surface area (Å²) < 4.78 is 24.9. The van der Waals surface area contributed by atoms with Crippen molar-refractivity contribution < 1.29 is 13.9 Å². The third kappa shape index (κ3) is 2.48. The Balaban J connectivity index is 0.000001000. The van der Waals surface area contributed by atoms with E-state index >= 15 is 0 Å². The second-order valence-electron chi connectivity index (χ2n) is 1.72. The maximum Gasteiger partial charge on any atom is 0.187 e. The van der Waals surface area contributed by atoms with Crippen molar-refractivity contribution in [3.05, 3.63) is 28.2 Å². The Morgan fingerprint density at radius 3 is 1.91 bits per heavy atom. The molecule has 0 heterocycles. The van der Waals surface area contributed by atoms with E-state index in [4.69, 9.17) is 5.11 Å². The van der Waals surface area contributed by atoms with Crippen LogP contribution in [0.2, 0.25) is 0 Å². The number of phenolic OH excluding ortho intramolecular Hbond substituents is 1. The Bertz CT molecular complexity index is 244. The van der Waals surface area contributed by atoms with Crippen molar-refractivity contribution in [3.63, 3.8) is 0 Å². The molecule has 0 saturated heterocycles. The van der Waals surface area contributed by atoms with E-state index in [0.717, 1.165) is 12.1 Å². The number of hydrogen-bond donors (Lipinski definition) is 1. The van der Waals surface area contributed by atoms with Gasteiger partial charge in [-0.2, -0.15) is 0 Å². The first-order chi connectivity index (χ1) is 4.61. The summed E-state index contributed by atoms with van der Waals surface area (Å²) in [7, 11) is 0. The number of phenols is 1. The Morgan fingerprint density at radius 2 is 1.55 bits per heavy atom. The summed E-state index contributed by atoms with van der Waals surface area (Å²) in [5.74, 6) is -2.87. The molecule has 0 aromatic heterocycles. The fourth-order valence-corrected chi connectivity index (χ4v) is 0.937. The molecule has 0 saturated carbocycles. The van der Waals surface area contributed by atoms with Gasteiger partial charge in [0.05, 0.1) is 0 Å². The molecule has 0 aliphatic carbocycles. The number of hydrogen-bond acceptors (Lipinski definition) is 1. The van der Waals surface area contributed by atoms with E-state index < -0.39 is 17.4 Å². The van der Waals surface area contributed by atoms with Crippen LogP contribution in [0.5, 0.6) is 5.75 Å². The molecule has 0 unspecified atom stereocenters. The molecule has 1 aromatic rings. The average Bonchev–Trinajstić information content (AvgIpc) is 1.82. The van der Waals surface area contributed by atoms with Gasteiger partial charge in [-0.1, -0.05) is 15.9 Å². The van der Waals surface area contributed by atoms with Gasteiger partial charge in [-0.15, -0.1) is 0 Å². The normalized spacial score (nSPS) is 9.00. The van der Waals surface area contributed by atoms with Crippen LogP contribution in [0.25, 0.3) is 0 Å². The molecular weight excluding hydrogens is 213 g/mol. The van der Waals surface area contributed by atoms with Crippen molar-refractivity contribution in [2.24, 2.45) is 0 Å². The van der Waals surface area contributed by atoms with E-state index in [9.17, 15) is 8.78 Å². The van der Waals surface area contributed by atoms with Gasteiger partial charge >= 0.3 is 0 Å². The average molecular weight is 216 g/mol. The van der Waals surface area contributed by atoms with Gasteiger partial charge in [-0.25, -0.2) is 8.78 Å². The standard InChI is InChI=1S/C6H3BrF2O.Li/c7-3-1-4(8)6(10)5(9)2-3;/h1-2,10H;. The number of rotatable bonds is 0. The first-order valence-corrected chi connectivity index (χ1v) is 3.24. The van der Waals surface area contributed by atoms with Crippen LogP contribution < -0.4 is 0 Å². The van der Waals surface area contributed by atoms with Crippen LogP contribution in [-0.2, 0) is 0 Å². The van der Waals surface area contributed by atoms with Crippen molar-refractivity contribution >= 4 is 34.8 Å². The Labute approximate surface area is 82.7 Å². The molecule has 1 radical (unpaired) electrons. The minimum Gasteiger partial charge on any atom is -0.503 e. The van der Waals surface area contributed by atoms with Gasteiger partial charge in [0.1, 0.15) is 0 Å². The van der Waals surface area contributed by atoms with Gasteiger partial charge in [0.15, 0.2) is 17.4 Å². The maximum absolute atomic E-state index is 12.3.